The normalized spacial score (nSPS) is 11.7. The monoisotopic (exact) mass is 367 g/mol. The number of aliphatic imine (C=N–C) groups is 1. The summed E-state index contributed by atoms with van der Waals surface area (Å²) in [5.74, 6) is 1.82. The summed E-state index contributed by atoms with van der Waals surface area (Å²) in [6.45, 7) is 11.9. The van der Waals surface area contributed by atoms with Gasteiger partial charge in [-0.05, 0) is 57.9 Å². The minimum Gasteiger partial charge on any atom is -0.478 e. The first kappa shape index (κ1) is 21.2. The summed E-state index contributed by atoms with van der Waals surface area (Å²) < 4.78 is 11.2. The first-order valence-electron chi connectivity index (χ1n) is 8.48. The Labute approximate surface area is 155 Å². The number of rotatable bonds is 10. The second-order valence-electron chi connectivity index (χ2n) is 5.40. The summed E-state index contributed by atoms with van der Waals surface area (Å²) in [4.78, 5) is 11.6. The van der Waals surface area contributed by atoms with Gasteiger partial charge >= 0.3 is 0 Å². The lowest BCUT2D eigenvalue weighted by molar-refractivity contribution is 0.145. The Morgan fingerprint density at radius 2 is 1.92 bits per heavy atom. The molecule has 0 heterocycles. The second-order valence-corrected chi connectivity index (χ2v) is 6.09. The summed E-state index contributed by atoms with van der Waals surface area (Å²) >= 11 is 1.27. The van der Waals surface area contributed by atoms with Gasteiger partial charge in [0.1, 0.15) is 18.1 Å². The van der Waals surface area contributed by atoms with Crippen LogP contribution < -0.4 is 4.18 Å². The van der Waals surface area contributed by atoms with Crippen molar-refractivity contribution in [1.29, 1.82) is 0 Å². The fraction of sp³-hybridized carbons (Fsp3) is 0.556. The summed E-state index contributed by atoms with van der Waals surface area (Å²) in [6.07, 6.45) is 1.84. The van der Waals surface area contributed by atoms with Gasteiger partial charge in [-0.1, -0.05) is 5.16 Å². The highest BCUT2D eigenvalue weighted by Gasteiger charge is 2.08. The number of benzene rings is 1. The van der Waals surface area contributed by atoms with Crippen molar-refractivity contribution < 1.29 is 13.8 Å². The van der Waals surface area contributed by atoms with Gasteiger partial charge in [-0.2, -0.15) is 0 Å². The molecule has 0 aliphatic carbocycles. The zero-order valence-electron chi connectivity index (χ0n) is 16.0. The van der Waals surface area contributed by atoms with E-state index in [4.69, 9.17) is 13.8 Å². The van der Waals surface area contributed by atoms with Crippen LogP contribution in [0.4, 0.5) is 5.69 Å². The summed E-state index contributed by atoms with van der Waals surface area (Å²) in [5, 5.41) is 3.94. The van der Waals surface area contributed by atoms with E-state index in [1.54, 1.807) is 0 Å². The van der Waals surface area contributed by atoms with Gasteiger partial charge in [-0.3, -0.25) is 0 Å². The predicted octanol–water partition coefficient (Wildman–Crippen LogP) is 4.33. The van der Waals surface area contributed by atoms with Crippen LogP contribution in [0.25, 0.3) is 0 Å². The van der Waals surface area contributed by atoms with Gasteiger partial charge in [0.25, 0.3) is 0 Å². The van der Waals surface area contributed by atoms with E-state index in [0.29, 0.717) is 24.9 Å². The molecule has 0 amide bonds. The molecule has 0 aliphatic rings. The maximum absolute atomic E-state index is 5.81. The van der Waals surface area contributed by atoms with Gasteiger partial charge in [0.05, 0.1) is 30.7 Å². The summed E-state index contributed by atoms with van der Waals surface area (Å²) in [7, 11) is 2.00. The number of aryl methyl sites for hydroxylation is 2. The molecule has 0 unspecified atom stereocenters. The van der Waals surface area contributed by atoms with Crippen LogP contribution in [0.3, 0.4) is 0 Å². The van der Waals surface area contributed by atoms with E-state index in [1.807, 2.05) is 58.1 Å². The largest absolute Gasteiger partial charge is 0.478 e. The number of oxime groups is 1. The zero-order chi connectivity index (χ0) is 18.7. The third kappa shape index (κ3) is 7.69. The average Bonchev–Trinajstić information content (AvgIpc) is 2.60. The first-order chi connectivity index (χ1) is 12.0. The Balaban J connectivity index is 2.70. The van der Waals surface area contributed by atoms with Gasteiger partial charge in [0.2, 0.25) is 5.90 Å². The Hall–Kier alpha value is -1.89. The molecule has 1 aromatic rings. The molecule has 1 rings (SSSR count). The van der Waals surface area contributed by atoms with Crippen LogP contribution in [-0.4, -0.2) is 49.7 Å². The third-order valence-corrected chi connectivity index (χ3v) is 3.99. The molecular weight excluding hydrogens is 338 g/mol. The minimum absolute atomic E-state index is 0.480. The zero-order valence-corrected chi connectivity index (χ0v) is 16.9. The summed E-state index contributed by atoms with van der Waals surface area (Å²) in [5.41, 5.74) is 3.04. The van der Waals surface area contributed by atoms with Crippen molar-refractivity contribution in [1.82, 2.24) is 4.90 Å². The molecule has 0 aliphatic heterocycles. The molecule has 140 valence electrons. The van der Waals surface area contributed by atoms with Gasteiger partial charge < -0.3 is 18.7 Å². The third-order valence-electron chi connectivity index (χ3n) is 3.32. The molecule has 0 atom stereocenters. The van der Waals surface area contributed by atoms with Gasteiger partial charge in [0, 0.05) is 13.6 Å². The van der Waals surface area contributed by atoms with E-state index in [1.165, 1.54) is 12.0 Å². The second kappa shape index (κ2) is 11.6. The van der Waals surface area contributed by atoms with E-state index in [0.717, 1.165) is 29.1 Å². The first-order valence-corrected chi connectivity index (χ1v) is 9.39. The number of nitrogens with zero attached hydrogens (tertiary/aromatic N) is 3. The van der Waals surface area contributed by atoms with Crippen molar-refractivity contribution in [2.45, 2.75) is 34.6 Å². The lowest BCUT2D eigenvalue weighted by atomic mass is 10.1. The van der Waals surface area contributed by atoms with Crippen molar-refractivity contribution in [2.24, 2.45) is 10.1 Å². The fourth-order valence-corrected chi connectivity index (χ4v) is 2.39. The number of hydrogen-bond acceptors (Lipinski definition) is 6. The Bertz CT molecular complexity index is 591. The molecule has 0 spiro atoms. The van der Waals surface area contributed by atoms with E-state index in [-0.39, 0.29) is 0 Å². The molecule has 0 saturated heterocycles. The van der Waals surface area contributed by atoms with Crippen LogP contribution in [0.15, 0.2) is 22.3 Å². The lowest BCUT2D eigenvalue weighted by Gasteiger charge is -2.12. The van der Waals surface area contributed by atoms with Crippen molar-refractivity contribution in [3.8, 4) is 5.75 Å². The maximum atomic E-state index is 5.81. The SMILES string of the molecule is CCO/N=C(\CSOc1cc(C)c(/N=C/N(C)CC)cc1C)OCC. The Morgan fingerprint density at radius 3 is 2.56 bits per heavy atom. The molecule has 0 fully saturated rings. The highest BCUT2D eigenvalue weighted by atomic mass is 32.2. The van der Waals surface area contributed by atoms with Crippen molar-refractivity contribution >= 4 is 30.0 Å². The highest BCUT2D eigenvalue weighted by Crippen LogP contribution is 2.30. The number of ether oxygens (including phenoxy) is 1. The summed E-state index contributed by atoms with van der Waals surface area (Å²) in [6, 6.07) is 4.03. The van der Waals surface area contributed by atoms with Crippen LogP contribution in [0, 0.1) is 13.8 Å². The Morgan fingerprint density at radius 1 is 1.16 bits per heavy atom. The van der Waals surface area contributed by atoms with E-state index >= 15 is 0 Å². The average molecular weight is 368 g/mol. The molecule has 1 aromatic carbocycles. The van der Waals surface area contributed by atoms with E-state index < -0.39 is 0 Å². The van der Waals surface area contributed by atoms with Gasteiger partial charge in [0.15, 0.2) is 0 Å². The van der Waals surface area contributed by atoms with Crippen LogP contribution in [0.1, 0.15) is 31.9 Å². The van der Waals surface area contributed by atoms with Crippen LogP contribution >= 0.6 is 12.0 Å². The molecule has 0 bridgehead atoms. The molecular formula is C18H29N3O3S. The maximum Gasteiger partial charge on any atom is 0.239 e. The lowest BCUT2D eigenvalue weighted by Crippen LogP contribution is -2.14. The van der Waals surface area contributed by atoms with Crippen molar-refractivity contribution in [3.05, 3.63) is 23.3 Å². The standard InChI is InChI=1S/C18H29N3O3S/c1-7-21(6)13-19-16-10-15(5)17(11-14(16)4)24-25-12-18(22-8-2)20-23-9-3/h10-11,13H,7-9,12H2,1-6H3/b19-13+,20-18+. The van der Waals surface area contributed by atoms with Gasteiger partial charge in [-0.25, -0.2) is 4.99 Å². The molecule has 0 aromatic heterocycles. The van der Waals surface area contributed by atoms with E-state index in [9.17, 15) is 0 Å². The molecule has 7 heteroatoms. The smallest absolute Gasteiger partial charge is 0.239 e. The molecule has 0 saturated carbocycles. The topological polar surface area (TPSA) is 55.7 Å². The molecule has 0 N–H and O–H groups in total. The van der Waals surface area contributed by atoms with E-state index in [2.05, 4.69) is 17.1 Å². The number of hydrogen-bond donors (Lipinski definition) is 0. The predicted molar refractivity (Wildman–Crippen MR) is 106 cm³/mol. The minimum atomic E-state index is 0.480. The fourth-order valence-electron chi connectivity index (χ4n) is 1.79. The van der Waals surface area contributed by atoms with Crippen LogP contribution in [0.5, 0.6) is 5.75 Å². The Kier molecular flexibility index (Phi) is 9.84. The van der Waals surface area contributed by atoms with Crippen molar-refractivity contribution in [3.63, 3.8) is 0 Å². The molecule has 0 radical (unpaired) electrons. The highest BCUT2D eigenvalue weighted by molar-refractivity contribution is 7.95. The molecule has 25 heavy (non-hydrogen) atoms. The quantitative estimate of drug-likeness (QED) is 0.267. The van der Waals surface area contributed by atoms with Crippen molar-refractivity contribution in [2.75, 3.05) is 32.6 Å². The van der Waals surface area contributed by atoms with Gasteiger partial charge in [-0.15, -0.1) is 0 Å². The molecule has 6 nitrogen and oxygen atoms in total. The van der Waals surface area contributed by atoms with Crippen LogP contribution in [0.2, 0.25) is 0 Å². The van der Waals surface area contributed by atoms with Crippen LogP contribution in [-0.2, 0) is 9.57 Å².